The van der Waals surface area contributed by atoms with Crippen LogP contribution in [0.1, 0.15) is 38.0 Å². The van der Waals surface area contributed by atoms with Crippen LogP contribution in [-0.4, -0.2) is 30.1 Å². The van der Waals surface area contributed by atoms with Crippen LogP contribution in [0, 0.1) is 17.2 Å². The summed E-state index contributed by atoms with van der Waals surface area (Å²) in [5, 5.41) is 24.6. The summed E-state index contributed by atoms with van der Waals surface area (Å²) in [6.07, 6.45) is -0.710. The van der Waals surface area contributed by atoms with Gasteiger partial charge < -0.3 is 15.7 Å². The van der Waals surface area contributed by atoms with E-state index in [2.05, 4.69) is 10.6 Å². The molecule has 1 aromatic rings. The zero-order valence-electron chi connectivity index (χ0n) is 12.8. The molecular weight excluding hydrogens is 266 g/mol. The summed E-state index contributed by atoms with van der Waals surface area (Å²) >= 11 is 0. The summed E-state index contributed by atoms with van der Waals surface area (Å²) in [6.45, 7) is 6.76. The highest BCUT2D eigenvalue weighted by atomic mass is 16.3. The maximum Gasteiger partial charge on any atom is 0.236 e. The zero-order valence-corrected chi connectivity index (χ0v) is 12.8. The molecule has 0 aliphatic rings. The smallest absolute Gasteiger partial charge is 0.236 e. The Kier molecular flexibility index (Phi) is 6.86. The molecule has 0 saturated carbocycles. The van der Waals surface area contributed by atoms with Crippen LogP contribution >= 0.6 is 0 Å². The third-order valence-corrected chi connectivity index (χ3v) is 3.12. The van der Waals surface area contributed by atoms with E-state index in [1.165, 1.54) is 0 Å². The van der Waals surface area contributed by atoms with E-state index in [0.29, 0.717) is 18.0 Å². The topological polar surface area (TPSA) is 85.2 Å². The maximum absolute atomic E-state index is 11.8. The fourth-order valence-corrected chi connectivity index (χ4v) is 1.74. The largest absolute Gasteiger partial charge is 0.387 e. The van der Waals surface area contributed by atoms with Crippen LogP contribution in [0.5, 0.6) is 0 Å². The summed E-state index contributed by atoms with van der Waals surface area (Å²) in [6, 6.07) is 8.43. The number of nitrogens with one attached hydrogen (secondary N) is 2. The lowest BCUT2D eigenvalue weighted by atomic mass is 10.1. The average molecular weight is 289 g/mol. The second-order valence-corrected chi connectivity index (χ2v) is 5.52. The lowest BCUT2D eigenvalue weighted by molar-refractivity contribution is -0.123. The van der Waals surface area contributed by atoms with Gasteiger partial charge in [0.2, 0.25) is 5.91 Å². The Hall–Kier alpha value is -1.90. The van der Waals surface area contributed by atoms with Crippen molar-refractivity contribution in [3.63, 3.8) is 0 Å². The number of rotatable bonds is 7. The first-order valence-electron chi connectivity index (χ1n) is 7.13. The van der Waals surface area contributed by atoms with Gasteiger partial charge in [-0.3, -0.25) is 4.79 Å². The number of nitriles is 1. The van der Waals surface area contributed by atoms with Gasteiger partial charge in [-0.25, -0.2) is 0 Å². The number of nitrogens with zero attached hydrogens (tertiary/aromatic N) is 1. The number of aliphatic hydroxyl groups is 1. The van der Waals surface area contributed by atoms with Gasteiger partial charge in [0, 0.05) is 13.1 Å². The van der Waals surface area contributed by atoms with Crippen LogP contribution in [0.3, 0.4) is 0 Å². The minimum atomic E-state index is -0.710. The molecule has 21 heavy (non-hydrogen) atoms. The van der Waals surface area contributed by atoms with Crippen molar-refractivity contribution in [3.8, 4) is 6.07 Å². The Morgan fingerprint density at radius 2 is 1.86 bits per heavy atom. The first kappa shape index (κ1) is 17.2. The predicted molar refractivity (Wildman–Crippen MR) is 81.4 cm³/mol. The van der Waals surface area contributed by atoms with E-state index >= 15 is 0 Å². The van der Waals surface area contributed by atoms with E-state index in [1.807, 2.05) is 19.9 Å². The van der Waals surface area contributed by atoms with Crippen LogP contribution in [0.25, 0.3) is 0 Å². The van der Waals surface area contributed by atoms with Gasteiger partial charge in [0.05, 0.1) is 23.8 Å². The molecule has 2 unspecified atom stereocenters. The number of hydrogen-bond acceptors (Lipinski definition) is 4. The highest BCUT2D eigenvalue weighted by Gasteiger charge is 2.15. The van der Waals surface area contributed by atoms with Crippen molar-refractivity contribution in [1.29, 1.82) is 5.26 Å². The number of hydrogen-bond donors (Lipinski definition) is 3. The Bertz CT molecular complexity index is 491. The van der Waals surface area contributed by atoms with E-state index in [4.69, 9.17) is 5.26 Å². The Morgan fingerprint density at radius 3 is 2.38 bits per heavy atom. The van der Waals surface area contributed by atoms with Gasteiger partial charge in [-0.1, -0.05) is 26.0 Å². The minimum Gasteiger partial charge on any atom is -0.387 e. The van der Waals surface area contributed by atoms with Crippen LogP contribution in [0.15, 0.2) is 24.3 Å². The number of carbonyl (C=O) groups is 1. The van der Waals surface area contributed by atoms with Crippen molar-refractivity contribution in [2.75, 3.05) is 13.1 Å². The van der Waals surface area contributed by atoms with Crippen molar-refractivity contribution in [1.82, 2.24) is 10.6 Å². The average Bonchev–Trinajstić information content (AvgIpc) is 2.49. The molecule has 114 valence electrons. The molecule has 1 amide bonds. The fraction of sp³-hybridized carbons (Fsp3) is 0.500. The molecular formula is C16H23N3O2. The van der Waals surface area contributed by atoms with Crippen molar-refractivity contribution < 1.29 is 9.90 Å². The van der Waals surface area contributed by atoms with E-state index in [-0.39, 0.29) is 18.5 Å². The highest BCUT2D eigenvalue weighted by molar-refractivity contribution is 5.81. The monoisotopic (exact) mass is 289 g/mol. The first-order chi connectivity index (χ1) is 9.93. The summed E-state index contributed by atoms with van der Waals surface area (Å²) in [4.78, 5) is 11.8. The number of amides is 1. The van der Waals surface area contributed by atoms with Gasteiger partial charge >= 0.3 is 0 Å². The molecule has 0 bridgehead atoms. The predicted octanol–water partition coefficient (Wildman–Crippen LogP) is 1.34. The Morgan fingerprint density at radius 1 is 1.24 bits per heavy atom. The third kappa shape index (κ3) is 5.94. The molecule has 2 atom stereocenters. The quantitative estimate of drug-likeness (QED) is 0.707. The molecule has 1 aromatic carbocycles. The van der Waals surface area contributed by atoms with Crippen molar-refractivity contribution >= 4 is 5.91 Å². The lowest BCUT2D eigenvalue weighted by Gasteiger charge is -2.18. The van der Waals surface area contributed by atoms with E-state index < -0.39 is 6.10 Å². The van der Waals surface area contributed by atoms with Gasteiger partial charge in [-0.15, -0.1) is 0 Å². The lowest BCUT2D eigenvalue weighted by Crippen LogP contribution is -2.44. The minimum absolute atomic E-state index is 0.0734. The molecule has 0 radical (unpaired) electrons. The molecule has 0 heterocycles. The van der Waals surface area contributed by atoms with E-state index in [1.54, 1.807) is 31.2 Å². The molecule has 1 rings (SSSR count). The Balaban J connectivity index is 2.42. The first-order valence-corrected chi connectivity index (χ1v) is 7.13. The summed E-state index contributed by atoms with van der Waals surface area (Å²) in [5.74, 6) is 0.334. The van der Waals surface area contributed by atoms with Crippen molar-refractivity contribution in [2.45, 2.75) is 32.9 Å². The van der Waals surface area contributed by atoms with Crippen molar-refractivity contribution in [2.24, 2.45) is 5.92 Å². The standard InChI is InChI=1S/C16H23N3O2/c1-11(2)9-19-16(21)12(3)18-10-15(20)14-6-4-13(8-17)5-7-14/h4-7,11-12,15,18,20H,9-10H2,1-3H3,(H,19,21). The van der Waals surface area contributed by atoms with Crippen LogP contribution < -0.4 is 10.6 Å². The van der Waals surface area contributed by atoms with E-state index in [9.17, 15) is 9.90 Å². The molecule has 0 fully saturated rings. The zero-order chi connectivity index (χ0) is 15.8. The van der Waals surface area contributed by atoms with Gasteiger partial charge in [0.15, 0.2) is 0 Å². The van der Waals surface area contributed by atoms with Gasteiger partial charge in [0.1, 0.15) is 0 Å². The molecule has 5 heteroatoms. The highest BCUT2D eigenvalue weighted by Crippen LogP contribution is 2.12. The number of carbonyl (C=O) groups excluding carboxylic acids is 1. The van der Waals surface area contributed by atoms with Crippen LogP contribution in [0.4, 0.5) is 0 Å². The second kappa shape index (κ2) is 8.40. The second-order valence-electron chi connectivity index (χ2n) is 5.52. The van der Waals surface area contributed by atoms with Crippen LogP contribution in [-0.2, 0) is 4.79 Å². The third-order valence-electron chi connectivity index (χ3n) is 3.12. The van der Waals surface area contributed by atoms with Gasteiger partial charge in [-0.05, 0) is 30.5 Å². The molecule has 0 aliphatic carbocycles. The Labute approximate surface area is 126 Å². The molecule has 0 spiro atoms. The molecule has 0 saturated heterocycles. The molecule has 3 N–H and O–H groups in total. The normalized spacial score (nSPS) is 13.5. The van der Waals surface area contributed by atoms with Gasteiger partial charge in [0.25, 0.3) is 0 Å². The molecule has 5 nitrogen and oxygen atoms in total. The molecule has 0 aromatic heterocycles. The SMILES string of the molecule is CC(C)CNC(=O)C(C)NCC(O)c1ccc(C#N)cc1. The van der Waals surface area contributed by atoms with Crippen LogP contribution in [0.2, 0.25) is 0 Å². The van der Waals surface area contributed by atoms with E-state index in [0.717, 1.165) is 5.56 Å². The maximum atomic E-state index is 11.8. The summed E-state index contributed by atoms with van der Waals surface area (Å²) in [5.41, 5.74) is 1.27. The molecule has 0 aliphatic heterocycles. The summed E-state index contributed by atoms with van der Waals surface area (Å²) < 4.78 is 0. The number of aliphatic hydroxyl groups excluding tert-OH is 1. The van der Waals surface area contributed by atoms with Gasteiger partial charge in [-0.2, -0.15) is 5.26 Å². The number of benzene rings is 1. The van der Waals surface area contributed by atoms with Crippen molar-refractivity contribution in [3.05, 3.63) is 35.4 Å². The summed E-state index contributed by atoms with van der Waals surface area (Å²) in [7, 11) is 0. The fourth-order valence-electron chi connectivity index (χ4n) is 1.74.